The van der Waals surface area contributed by atoms with E-state index in [0.29, 0.717) is 5.69 Å². The van der Waals surface area contributed by atoms with Crippen molar-refractivity contribution in [1.82, 2.24) is 5.32 Å². The van der Waals surface area contributed by atoms with E-state index in [4.69, 9.17) is 16.0 Å². The molecule has 0 saturated heterocycles. The third kappa shape index (κ3) is 5.08. The van der Waals surface area contributed by atoms with Gasteiger partial charge in [0.25, 0.3) is 11.8 Å². The Labute approximate surface area is 169 Å². The monoisotopic (exact) mass is 411 g/mol. The second-order valence-electron chi connectivity index (χ2n) is 5.75. The van der Waals surface area contributed by atoms with Crippen LogP contribution in [0.15, 0.2) is 76.8 Å². The summed E-state index contributed by atoms with van der Waals surface area (Å²) in [6.07, 6.45) is 1.19. The van der Waals surface area contributed by atoms with Crippen molar-refractivity contribution in [3.05, 3.63) is 98.9 Å². The Morgan fingerprint density at radius 3 is 2.34 bits per heavy atom. The Morgan fingerprint density at radius 1 is 1.00 bits per heavy atom. The van der Waals surface area contributed by atoms with Gasteiger partial charge in [-0.15, -0.1) is 0 Å². The fourth-order valence-corrected chi connectivity index (χ4v) is 2.60. The first-order valence-electron chi connectivity index (χ1n) is 8.32. The number of nitrogens with zero attached hydrogens (tertiary/aromatic N) is 1. The minimum Gasteiger partial charge on any atom is -0.401 e. The third-order valence-corrected chi connectivity index (χ3v) is 4.05. The normalized spacial score (nSPS) is 11.0. The Morgan fingerprint density at radius 2 is 1.69 bits per heavy atom. The fraction of sp³-hybridized carbons (Fsp3) is 0. The van der Waals surface area contributed by atoms with Gasteiger partial charge in [0.2, 0.25) is 0 Å². The molecule has 0 aliphatic rings. The zero-order valence-corrected chi connectivity index (χ0v) is 15.6. The molecule has 9 heteroatoms. The average molecular weight is 412 g/mol. The summed E-state index contributed by atoms with van der Waals surface area (Å²) >= 11 is 6.04. The van der Waals surface area contributed by atoms with Gasteiger partial charge in [-0.25, -0.2) is 0 Å². The summed E-state index contributed by atoms with van der Waals surface area (Å²) in [4.78, 5) is 35.4. The highest BCUT2D eigenvalue weighted by Gasteiger charge is 2.18. The van der Waals surface area contributed by atoms with Gasteiger partial charge in [-0.05, 0) is 30.3 Å². The number of nitro groups is 1. The molecule has 8 nitrogen and oxygen atoms in total. The topological polar surface area (TPSA) is 114 Å². The zero-order valence-electron chi connectivity index (χ0n) is 14.8. The summed E-state index contributed by atoms with van der Waals surface area (Å²) in [5.74, 6) is -1.73. The number of anilines is 1. The maximum Gasteiger partial charge on any atom is 0.433 e. The molecule has 0 unspecified atom stereocenters. The van der Waals surface area contributed by atoms with Crippen LogP contribution in [0, 0.1) is 10.1 Å². The first kappa shape index (κ1) is 19.8. The highest BCUT2D eigenvalue weighted by atomic mass is 35.5. The van der Waals surface area contributed by atoms with Crippen molar-refractivity contribution < 1.29 is 18.9 Å². The molecular formula is C20H14ClN3O5. The number of carbonyl (C=O) groups excluding carboxylic acids is 2. The molecule has 0 aliphatic heterocycles. The van der Waals surface area contributed by atoms with Gasteiger partial charge in [-0.2, -0.15) is 0 Å². The van der Waals surface area contributed by atoms with Gasteiger partial charge in [0.1, 0.15) is 16.4 Å². The number of carbonyl (C=O) groups is 2. The molecule has 0 radical (unpaired) electrons. The average Bonchev–Trinajstić information content (AvgIpc) is 3.17. The summed E-state index contributed by atoms with van der Waals surface area (Å²) in [6.45, 7) is 0. The number of benzene rings is 2. The smallest absolute Gasteiger partial charge is 0.401 e. The number of halogens is 1. The molecule has 3 rings (SSSR count). The Bertz CT molecular complexity index is 1090. The lowest BCUT2D eigenvalue weighted by molar-refractivity contribution is -0.402. The number of hydrogen-bond donors (Lipinski definition) is 2. The summed E-state index contributed by atoms with van der Waals surface area (Å²) in [5.41, 5.74) is 0.488. The summed E-state index contributed by atoms with van der Waals surface area (Å²) < 4.78 is 5.05. The van der Waals surface area contributed by atoms with E-state index in [1.807, 2.05) is 0 Å². The fourth-order valence-electron chi connectivity index (χ4n) is 2.37. The van der Waals surface area contributed by atoms with E-state index in [9.17, 15) is 19.7 Å². The van der Waals surface area contributed by atoms with Crippen LogP contribution in [-0.2, 0) is 4.79 Å². The predicted octanol–water partition coefficient (Wildman–Crippen LogP) is 4.25. The number of para-hydroxylation sites is 1. The molecule has 0 bridgehead atoms. The molecule has 3 aromatic rings. The van der Waals surface area contributed by atoms with Crippen molar-refractivity contribution in [2.75, 3.05) is 5.32 Å². The summed E-state index contributed by atoms with van der Waals surface area (Å²) in [7, 11) is 0. The van der Waals surface area contributed by atoms with Crippen molar-refractivity contribution >= 4 is 41.1 Å². The predicted molar refractivity (Wildman–Crippen MR) is 107 cm³/mol. The number of nitrogens with one attached hydrogen (secondary N) is 2. The highest BCUT2D eigenvalue weighted by Crippen LogP contribution is 2.19. The number of furan rings is 1. The van der Waals surface area contributed by atoms with Crippen molar-refractivity contribution in [2.45, 2.75) is 0 Å². The van der Waals surface area contributed by atoms with Gasteiger partial charge in [-0.1, -0.05) is 41.9 Å². The van der Waals surface area contributed by atoms with Crippen LogP contribution in [0.3, 0.4) is 0 Å². The third-order valence-electron chi connectivity index (χ3n) is 3.72. The molecule has 146 valence electrons. The van der Waals surface area contributed by atoms with Crippen molar-refractivity contribution in [2.24, 2.45) is 0 Å². The molecule has 2 N–H and O–H groups in total. The summed E-state index contributed by atoms with van der Waals surface area (Å²) in [6, 6.07) is 17.4. The number of amides is 2. The van der Waals surface area contributed by atoms with Crippen molar-refractivity contribution in [3.63, 3.8) is 0 Å². The van der Waals surface area contributed by atoms with Crippen molar-refractivity contribution in [1.29, 1.82) is 0 Å². The van der Waals surface area contributed by atoms with Crippen LogP contribution in [0.4, 0.5) is 11.6 Å². The van der Waals surface area contributed by atoms with Gasteiger partial charge < -0.3 is 15.1 Å². The Kier molecular flexibility index (Phi) is 6.06. The lowest BCUT2D eigenvalue weighted by atomic mass is 10.2. The van der Waals surface area contributed by atoms with E-state index >= 15 is 0 Å². The van der Waals surface area contributed by atoms with E-state index in [1.54, 1.807) is 48.5 Å². The molecule has 0 fully saturated rings. The largest absolute Gasteiger partial charge is 0.433 e. The number of rotatable bonds is 6. The number of hydrogen-bond acceptors (Lipinski definition) is 5. The molecule has 2 aromatic carbocycles. The van der Waals surface area contributed by atoms with Gasteiger partial charge in [0, 0.05) is 11.8 Å². The van der Waals surface area contributed by atoms with Crippen LogP contribution >= 0.6 is 11.6 Å². The first-order chi connectivity index (χ1) is 13.9. The molecule has 29 heavy (non-hydrogen) atoms. The van der Waals surface area contributed by atoms with Gasteiger partial charge in [0.05, 0.1) is 16.7 Å². The van der Waals surface area contributed by atoms with Gasteiger partial charge >= 0.3 is 5.88 Å². The van der Waals surface area contributed by atoms with Crippen molar-refractivity contribution in [3.8, 4) is 0 Å². The van der Waals surface area contributed by atoms with Crippen LogP contribution in [-0.4, -0.2) is 16.7 Å². The Balaban J connectivity index is 1.90. The minimum absolute atomic E-state index is 0.0226. The molecule has 2 amide bonds. The van der Waals surface area contributed by atoms with Crippen LogP contribution in [0.5, 0.6) is 0 Å². The minimum atomic E-state index is -0.705. The van der Waals surface area contributed by atoms with Crippen LogP contribution in [0.1, 0.15) is 16.1 Å². The Hall–Kier alpha value is -3.91. The quantitative estimate of drug-likeness (QED) is 0.357. The van der Waals surface area contributed by atoms with Crippen LogP contribution < -0.4 is 10.6 Å². The molecule has 0 saturated carbocycles. The van der Waals surface area contributed by atoms with Crippen LogP contribution in [0.2, 0.25) is 5.02 Å². The SMILES string of the molecule is O=C(Nc1ccccc1)/C(=C\c1ccc([N+](=O)[O-])o1)NC(=O)c1ccccc1Cl. The first-order valence-corrected chi connectivity index (χ1v) is 8.70. The maximum atomic E-state index is 12.7. The molecular weight excluding hydrogens is 398 g/mol. The molecule has 0 spiro atoms. The van der Waals surface area contributed by atoms with E-state index in [0.717, 1.165) is 6.07 Å². The summed E-state index contributed by atoms with van der Waals surface area (Å²) in [5, 5.41) is 16.1. The highest BCUT2D eigenvalue weighted by molar-refractivity contribution is 6.34. The molecule has 0 atom stereocenters. The van der Waals surface area contributed by atoms with Crippen LogP contribution in [0.25, 0.3) is 6.08 Å². The van der Waals surface area contributed by atoms with E-state index in [2.05, 4.69) is 10.6 Å². The van der Waals surface area contributed by atoms with E-state index in [-0.39, 0.29) is 22.0 Å². The molecule has 1 aromatic heterocycles. The standard InChI is InChI=1S/C20H14ClN3O5/c21-16-9-5-4-8-15(16)19(25)23-17(12-14-10-11-18(29-14)24(27)28)20(26)22-13-6-2-1-3-7-13/h1-12H,(H,22,26)(H,23,25)/b17-12+. The van der Waals surface area contributed by atoms with E-state index < -0.39 is 22.6 Å². The van der Waals surface area contributed by atoms with Gasteiger partial charge in [0.15, 0.2) is 0 Å². The van der Waals surface area contributed by atoms with E-state index in [1.165, 1.54) is 18.2 Å². The zero-order chi connectivity index (χ0) is 20.8. The second-order valence-corrected chi connectivity index (χ2v) is 6.15. The second kappa shape index (κ2) is 8.85. The van der Waals surface area contributed by atoms with Gasteiger partial charge in [-0.3, -0.25) is 19.7 Å². The lowest BCUT2D eigenvalue weighted by Crippen LogP contribution is -2.30. The molecule has 0 aliphatic carbocycles. The maximum absolute atomic E-state index is 12.7. The lowest BCUT2D eigenvalue weighted by Gasteiger charge is -2.11. The molecule has 1 heterocycles.